The van der Waals surface area contributed by atoms with E-state index in [1.807, 2.05) is 37.3 Å². The van der Waals surface area contributed by atoms with Crippen molar-refractivity contribution in [3.8, 4) is 5.75 Å². The van der Waals surface area contributed by atoms with Gasteiger partial charge in [-0.15, -0.1) is 12.4 Å². The van der Waals surface area contributed by atoms with Crippen LogP contribution in [0.25, 0.3) is 0 Å². The van der Waals surface area contributed by atoms with Gasteiger partial charge in [0.15, 0.2) is 0 Å². The Kier molecular flexibility index (Phi) is 9.46. The highest BCUT2D eigenvalue weighted by Crippen LogP contribution is 2.28. The number of para-hydroxylation sites is 2. The first-order valence-electron chi connectivity index (χ1n) is 10.7. The van der Waals surface area contributed by atoms with Crippen molar-refractivity contribution >= 4 is 29.7 Å². The third-order valence-corrected chi connectivity index (χ3v) is 5.58. The standard InChI is InChI=1S/C24H34N4O2.ClH/c1-19-10-11-21(20(18-19)24(29)26(2)3)25-12-7-13-27-14-16-28(17-15-27)22-8-5-6-9-23(22)30-4;/h5-6,8-11,18,25H,7,12-17H2,1-4H3;1H. The predicted octanol–water partition coefficient (Wildman–Crippen LogP) is 3.75. The molecule has 0 radical (unpaired) electrons. The first-order valence-corrected chi connectivity index (χ1v) is 10.7. The lowest BCUT2D eigenvalue weighted by Gasteiger charge is -2.36. The van der Waals surface area contributed by atoms with Crippen LogP contribution in [0.15, 0.2) is 42.5 Å². The molecule has 7 heteroatoms. The maximum atomic E-state index is 12.5. The number of hydrogen-bond donors (Lipinski definition) is 1. The zero-order valence-electron chi connectivity index (χ0n) is 19.1. The minimum Gasteiger partial charge on any atom is -0.495 e. The number of halogens is 1. The molecule has 1 amide bonds. The van der Waals surface area contributed by atoms with E-state index in [4.69, 9.17) is 4.74 Å². The molecule has 0 aliphatic carbocycles. The first kappa shape index (κ1) is 24.8. The second kappa shape index (κ2) is 11.8. The Bertz CT molecular complexity index is 851. The molecule has 1 aliphatic rings. The number of rotatable bonds is 8. The number of ether oxygens (including phenoxy) is 1. The SMILES string of the molecule is COc1ccccc1N1CCN(CCCNc2ccc(C)cc2C(=O)N(C)C)CC1.Cl. The summed E-state index contributed by atoms with van der Waals surface area (Å²) in [5.74, 6) is 0.977. The van der Waals surface area contributed by atoms with Crippen LogP contribution in [0.2, 0.25) is 0 Å². The monoisotopic (exact) mass is 446 g/mol. The molecule has 0 saturated carbocycles. The third kappa shape index (κ3) is 6.52. The van der Waals surface area contributed by atoms with Gasteiger partial charge in [-0.05, 0) is 44.2 Å². The molecule has 0 aromatic heterocycles. The molecule has 2 aromatic rings. The molecule has 0 unspecified atom stereocenters. The normalized spacial score (nSPS) is 14.0. The van der Waals surface area contributed by atoms with E-state index in [1.54, 1.807) is 26.1 Å². The lowest BCUT2D eigenvalue weighted by molar-refractivity contribution is 0.0828. The number of hydrogen-bond acceptors (Lipinski definition) is 5. The zero-order valence-corrected chi connectivity index (χ0v) is 19.9. The van der Waals surface area contributed by atoms with Gasteiger partial charge in [-0.3, -0.25) is 9.69 Å². The van der Waals surface area contributed by atoms with Crippen LogP contribution in [0.4, 0.5) is 11.4 Å². The number of benzene rings is 2. The summed E-state index contributed by atoms with van der Waals surface area (Å²) in [6, 6.07) is 14.2. The van der Waals surface area contributed by atoms with Crippen LogP contribution in [0.1, 0.15) is 22.3 Å². The van der Waals surface area contributed by atoms with Crippen molar-refractivity contribution in [2.24, 2.45) is 0 Å². The molecular formula is C24H35ClN4O2. The van der Waals surface area contributed by atoms with E-state index in [9.17, 15) is 4.79 Å². The summed E-state index contributed by atoms with van der Waals surface area (Å²) in [4.78, 5) is 19.0. The third-order valence-electron chi connectivity index (χ3n) is 5.58. The second-order valence-corrected chi connectivity index (χ2v) is 8.03. The van der Waals surface area contributed by atoms with E-state index in [0.29, 0.717) is 0 Å². The number of anilines is 2. The van der Waals surface area contributed by atoms with Gasteiger partial charge in [0.1, 0.15) is 5.75 Å². The highest BCUT2D eigenvalue weighted by atomic mass is 35.5. The Labute approximate surface area is 192 Å². The molecule has 31 heavy (non-hydrogen) atoms. The van der Waals surface area contributed by atoms with Crippen molar-refractivity contribution in [2.75, 3.05) is 70.7 Å². The highest BCUT2D eigenvalue weighted by Gasteiger charge is 2.19. The number of nitrogens with zero attached hydrogens (tertiary/aromatic N) is 3. The lowest BCUT2D eigenvalue weighted by Crippen LogP contribution is -2.47. The fraction of sp³-hybridized carbons (Fsp3) is 0.458. The van der Waals surface area contributed by atoms with Gasteiger partial charge in [0, 0.05) is 52.5 Å². The van der Waals surface area contributed by atoms with Crippen LogP contribution in [-0.2, 0) is 0 Å². The minimum absolute atomic E-state index is 0. The maximum Gasteiger partial charge on any atom is 0.255 e. The fourth-order valence-corrected chi connectivity index (χ4v) is 3.86. The molecule has 0 bridgehead atoms. The van der Waals surface area contributed by atoms with Gasteiger partial charge in [-0.25, -0.2) is 0 Å². The van der Waals surface area contributed by atoms with Crippen LogP contribution in [0.5, 0.6) is 5.75 Å². The van der Waals surface area contributed by atoms with E-state index in [1.165, 1.54) is 5.69 Å². The summed E-state index contributed by atoms with van der Waals surface area (Å²) in [5, 5.41) is 3.46. The summed E-state index contributed by atoms with van der Waals surface area (Å²) in [5.41, 5.74) is 3.93. The summed E-state index contributed by atoms with van der Waals surface area (Å²) >= 11 is 0. The number of piperazine rings is 1. The van der Waals surface area contributed by atoms with Gasteiger partial charge < -0.3 is 19.9 Å². The molecule has 170 valence electrons. The Morgan fingerprint density at radius 2 is 1.81 bits per heavy atom. The Hall–Kier alpha value is -2.44. The molecular weight excluding hydrogens is 412 g/mol. The van der Waals surface area contributed by atoms with Crippen molar-refractivity contribution in [3.05, 3.63) is 53.6 Å². The molecule has 1 N–H and O–H groups in total. The summed E-state index contributed by atoms with van der Waals surface area (Å²) in [6.45, 7) is 8.03. The van der Waals surface area contributed by atoms with Crippen LogP contribution in [-0.4, -0.2) is 76.2 Å². The fourth-order valence-electron chi connectivity index (χ4n) is 3.86. The highest BCUT2D eigenvalue weighted by molar-refractivity contribution is 5.99. The molecule has 0 atom stereocenters. The van der Waals surface area contributed by atoms with E-state index in [2.05, 4.69) is 27.2 Å². The van der Waals surface area contributed by atoms with Gasteiger partial charge in [0.05, 0.1) is 18.4 Å². The van der Waals surface area contributed by atoms with Gasteiger partial charge in [-0.1, -0.05) is 23.8 Å². The lowest BCUT2D eigenvalue weighted by atomic mass is 10.1. The Morgan fingerprint density at radius 1 is 1.10 bits per heavy atom. The number of nitrogens with one attached hydrogen (secondary N) is 1. The van der Waals surface area contributed by atoms with Gasteiger partial charge >= 0.3 is 0 Å². The first-order chi connectivity index (χ1) is 14.5. The number of methoxy groups -OCH3 is 1. The summed E-state index contributed by atoms with van der Waals surface area (Å²) in [6.07, 6.45) is 1.04. The predicted molar refractivity (Wildman–Crippen MR) is 131 cm³/mol. The van der Waals surface area contributed by atoms with Crippen molar-refractivity contribution in [3.63, 3.8) is 0 Å². The Morgan fingerprint density at radius 3 is 2.48 bits per heavy atom. The van der Waals surface area contributed by atoms with Crippen molar-refractivity contribution in [1.29, 1.82) is 0 Å². The summed E-state index contributed by atoms with van der Waals surface area (Å²) < 4.78 is 5.50. The van der Waals surface area contributed by atoms with Crippen LogP contribution < -0.4 is 15.0 Å². The quantitative estimate of drug-likeness (QED) is 0.626. The van der Waals surface area contributed by atoms with E-state index in [-0.39, 0.29) is 18.3 Å². The topological polar surface area (TPSA) is 48.1 Å². The molecule has 0 spiro atoms. The average Bonchev–Trinajstić information content (AvgIpc) is 2.77. The largest absolute Gasteiger partial charge is 0.495 e. The van der Waals surface area contributed by atoms with Crippen molar-refractivity contribution in [1.82, 2.24) is 9.80 Å². The Balaban J connectivity index is 0.00000341. The average molecular weight is 447 g/mol. The van der Waals surface area contributed by atoms with Crippen molar-refractivity contribution < 1.29 is 9.53 Å². The van der Waals surface area contributed by atoms with Gasteiger partial charge in [-0.2, -0.15) is 0 Å². The minimum atomic E-state index is 0. The molecule has 2 aromatic carbocycles. The molecule has 1 fully saturated rings. The molecule has 3 rings (SSSR count). The van der Waals surface area contributed by atoms with Crippen LogP contribution >= 0.6 is 12.4 Å². The van der Waals surface area contributed by atoms with Gasteiger partial charge in [0.2, 0.25) is 0 Å². The number of aryl methyl sites for hydroxylation is 1. The zero-order chi connectivity index (χ0) is 21.5. The maximum absolute atomic E-state index is 12.5. The smallest absolute Gasteiger partial charge is 0.255 e. The molecule has 1 saturated heterocycles. The van der Waals surface area contributed by atoms with E-state index < -0.39 is 0 Å². The molecule has 6 nitrogen and oxygen atoms in total. The van der Waals surface area contributed by atoms with E-state index in [0.717, 1.165) is 68.3 Å². The second-order valence-electron chi connectivity index (χ2n) is 8.03. The van der Waals surface area contributed by atoms with Gasteiger partial charge in [0.25, 0.3) is 5.91 Å². The van der Waals surface area contributed by atoms with Crippen molar-refractivity contribution in [2.45, 2.75) is 13.3 Å². The summed E-state index contributed by atoms with van der Waals surface area (Å²) in [7, 11) is 5.31. The van der Waals surface area contributed by atoms with Crippen LogP contribution in [0, 0.1) is 6.92 Å². The number of carbonyl (C=O) groups is 1. The number of amides is 1. The molecule has 1 heterocycles. The van der Waals surface area contributed by atoms with E-state index >= 15 is 0 Å². The van der Waals surface area contributed by atoms with Crippen LogP contribution in [0.3, 0.4) is 0 Å². The molecule has 1 aliphatic heterocycles. The number of carbonyl (C=O) groups excluding carboxylic acids is 1.